The lowest BCUT2D eigenvalue weighted by molar-refractivity contribution is 0.468. The van der Waals surface area contributed by atoms with Gasteiger partial charge in [-0.3, -0.25) is 0 Å². The molecule has 2 N–H and O–H groups in total. The quantitative estimate of drug-likeness (QED) is 0.857. The molecule has 0 aliphatic rings. The fourth-order valence-corrected chi connectivity index (χ4v) is 2.26. The Kier molecular flexibility index (Phi) is 3.56. The molecule has 0 fully saturated rings. The van der Waals surface area contributed by atoms with E-state index in [1.807, 2.05) is 12.1 Å². The molecule has 0 aliphatic carbocycles. The summed E-state index contributed by atoms with van der Waals surface area (Å²) in [5.74, 6) is 0.615. The molecule has 0 atom stereocenters. The van der Waals surface area contributed by atoms with Crippen LogP contribution in [-0.4, -0.2) is 10.2 Å². The Morgan fingerprint density at radius 2 is 1.50 bits per heavy atom. The van der Waals surface area contributed by atoms with Gasteiger partial charge in [0.15, 0.2) is 0 Å². The SMILES string of the molecule is CCc1cc(-c2ccc(O)cc2)cc(O)c1CC. The van der Waals surface area contributed by atoms with Crippen LogP contribution in [0.3, 0.4) is 0 Å². The van der Waals surface area contributed by atoms with Gasteiger partial charge in [0.05, 0.1) is 0 Å². The summed E-state index contributed by atoms with van der Waals surface area (Å²) in [6.07, 6.45) is 1.74. The van der Waals surface area contributed by atoms with Crippen molar-refractivity contribution in [3.8, 4) is 22.6 Å². The molecule has 0 unspecified atom stereocenters. The first-order valence-corrected chi connectivity index (χ1v) is 6.29. The first-order chi connectivity index (χ1) is 8.65. The van der Waals surface area contributed by atoms with E-state index in [9.17, 15) is 10.2 Å². The number of hydrogen-bond donors (Lipinski definition) is 2. The molecule has 2 heteroatoms. The molecule has 0 spiro atoms. The van der Waals surface area contributed by atoms with Gasteiger partial charge in [-0.15, -0.1) is 0 Å². The van der Waals surface area contributed by atoms with Gasteiger partial charge < -0.3 is 10.2 Å². The molecule has 2 rings (SSSR count). The average molecular weight is 242 g/mol. The molecule has 2 nitrogen and oxygen atoms in total. The second-order valence-corrected chi connectivity index (χ2v) is 4.39. The van der Waals surface area contributed by atoms with Gasteiger partial charge in [0.2, 0.25) is 0 Å². The van der Waals surface area contributed by atoms with Gasteiger partial charge in [-0.25, -0.2) is 0 Å². The van der Waals surface area contributed by atoms with Crippen LogP contribution in [0.1, 0.15) is 25.0 Å². The zero-order valence-electron chi connectivity index (χ0n) is 10.8. The lowest BCUT2D eigenvalue weighted by Crippen LogP contribution is -1.93. The maximum atomic E-state index is 10.1. The van der Waals surface area contributed by atoms with Crippen LogP contribution in [0.2, 0.25) is 0 Å². The first-order valence-electron chi connectivity index (χ1n) is 6.29. The summed E-state index contributed by atoms with van der Waals surface area (Å²) in [5, 5.41) is 19.4. The summed E-state index contributed by atoms with van der Waals surface area (Å²) in [5.41, 5.74) is 4.20. The second-order valence-electron chi connectivity index (χ2n) is 4.39. The number of aromatic hydroxyl groups is 2. The zero-order valence-corrected chi connectivity index (χ0v) is 10.8. The van der Waals surface area contributed by atoms with Crippen LogP contribution in [-0.2, 0) is 12.8 Å². The van der Waals surface area contributed by atoms with Gasteiger partial charge in [0.25, 0.3) is 0 Å². The van der Waals surface area contributed by atoms with Gasteiger partial charge in [-0.2, -0.15) is 0 Å². The third kappa shape index (κ3) is 2.33. The van der Waals surface area contributed by atoms with Crippen molar-refractivity contribution in [3.05, 3.63) is 47.5 Å². The van der Waals surface area contributed by atoms with Gasteiger partial charge in [-0.05, 0) is 53.3 Å². The first kappa shape index (κ1) is 12.5. The predicted molar refractivity (Wildman–Crippen MR) is 74.0 cm³/mol. The molecule has 18 heavy (non-hydrogen) atoms. The molecule has 2 aromatic carbocycles. The van der Waals surface area contributed by atoms with Gasteiger partial charge in [0.1, 0.15) is 11.5 Å². The lowest BCUT2D eigenvalue weighted by atomic mass is 9.95. The van der Waals surface area contributed by atoms with Crippen molar-refractivity contribution in [1.29, 1.82) is 0 Å². The summed E-state index contributed by atoms with van der Waals surface area (Å²) in [4.78, 5) is 0. The standard InChI is InChI=1S/C16H18O2/c1-3-11-9-13(10-16(18)15(11)4-2)12-5-7-14(17)8-6-12/h5-10,17-18H,3-4H2,1-2H3. The third-order valence-electron chi connectivity index (χ3n) is 3.25. The summed E-state index contributed by atoms with van der Waals surface area (Å²) >= 11 is 0. The molecule has 94 valence electrons. The van der Waals surface area contributed by atoms with E-state index >= 15 is 0 Å². The maximum Gasteiger partial charge on any atom is 0.119 e. The van der Waals surface area contributed by atoms with Crippen molar-refractivity contribution in [2.75, 3.05) is 0 Å². The van der Waals surface area contributed by atoms with E-state index in [0.717, 1.165) is 29.5 Å². The normalized spacial score (nSPS) is 10.6. The number of aryl methyl sites for hydroxylation is 1. The molecule has 0 radical (unpaired) electrons. The van der Waals surface area contributed by atoms with E-state index in [4.69, 9.17) is 0 Å². The van der Waals surface area contributed by atoms with Crippen LogP contribution in [0.5, 0.6) is 11.5 Å². The van der Waals surface area contributed by atoms with Crippen LogP contribution in [0, 0.1) is 0 Å². The Hall–Kier alpha value is -1.96. The largest absolute Gasteiger partial charge is 0.508 e. The zero-order chi connectivity index (χ0) is 13.1. The number of phenolic OH excluding ortho intramolecular Hbond substituents is 2. The highest BCUT2D eigenvalue weighted by Gasteiger charge is 2.08. The molecule has 0 amide bonds. The Bertz CT molecular complexity index is 542. The highest BCUT2D eigenvalue weighted by Crippen LogP contribution is 2.31. The van der Waals surface area contributed by atoms with Gasteiger partial charge >= 0.3 is 0 Å². The minimum absolute atomic E-state index is 0.254. The Morgan fingerprint density at radius 1 is 0.833 bits per heavy atom. The Morgan fingerprint density at radius 3 is 2.06 bits per heavy atom. The molecule has 0 saturated heterocycles. The van der Waals surface area contributed by atoms with Crippen molar-refractivity contribution in [2.24, 2.45) is 0 Å². The fraction of sp³-hybridized carbons (Fsp3) is 0.250. The topological polar surface area (TPSA) is 40.5 Å². The highest BCUT2D eigenvalue weighted by atomic mass is 16.3. The minimum Gasteiger partial charge on any atom is -0.508 e. The highest BCUT2D eigenvalue weighted by molar-refractivity contribution is 5.68. The smallest absolute Gasteiger partial charge is 0.119 e. The monoisotopic (exact) mass is 242 g/mol. The average Bonchev–Trinajstić information content (AvgIpc) is 2.38. The summed E-state index contributed by atoms with van der Waals surface area (Å²) in [6.45, 7) is 4.14. The van der Waals surface area contributed by atoms with E-state index in [0.29, 0.717) is 5.75 Å². The van der Waals surface area contributed by atoms with Crippen molar-refractivity contribution >= 4 is 0 Å². The van der Waals surface area contributed by atoms with Crippen LogP contribution in [0.4, 0.5) is 0 Å². The van der Waals surface area contributed by atoms with E-state index in [1.54, 1.807) is 18.2 Å². The summed E-state index contributed by atoms with van der Waals surface area (Å²) < 4.78 is 0. The minimum atomic E-state index is 0.254. The van der Waals surface area contributed by atoms with Gasteiger partial charge in [-0.1, -0.05) is 32.0 Å². The molecule has 0 heterocycles. The Balaban J connectivity index is 2.52. The maximum absolute atomic E-state index is 10.1. The number of phenols is 2. The molecular formula is C16H18O2. The lowest BCUT2D eigenvalue weighted by Gasteiger charge is -2.12. The van der Waals surface area contributed by atoms with E-state index in [2.05, 4.69) is 19.9 Å². The third-order valence-corrected chi connectivity index (χ3v) is 3.25. The van der Waals surface area contributed by atoms with Crippen molar-refractivity contribution < 1.29 is 10.2 Å². The van der Waals surface area contributed by atoms with Crippen LogP contribution >= 0.6 is 0 Å². The van der Waals surface area contributed by atoms with E-state index in [-0.39, 0.29) is 5.75 Å². The van der Waals surface area contributed by atoms with Crippen molar-refractivity contribution in [3.63, 3.8) is 0 Å². The summed E-state index contributed by atoms with van der Waals surface area (Å²) in [7, 11) is 0. The number of hydrogen-bond acceptors (Lipinski definition) is 2. The predicted octanol–water partition coefficient (Wildman–Crippen LogP) is 3.89. The number of rotatable bonds is 3. The van der Waals surface area contributed by atoms with Gasteiger partial charge in [0, 0.05) is 0 Å². The van der Waals surface area contributed by atoms with E-state index < -0.39 is 0 Å². The van der Waals surface area contributed by atoms with Crippen molar-refractivity contribution in [2.45, 2.75) is 26.7 Å². The van der Waals surface area contributed by atoms with Crippen LogP contribution in [0.15, 0.2) is 36.4 Å². The molecular weight excluding hydrogens is 224 g/mol. The molecule has 0 aromatic heterocycles. The Labute approximate surface area is 108 Å². The van der Waals surface area contributed by atoms with Crippen molar-refractivity contribution in [1.82, 2.24) is 0 Å². The second kappa shape index (κ2) is 5.13. The fourth-order valence-electron chi connectivity index (χ4n) is 2.26. The molecule has 0 saturated carbocycles. The molecule has 0 aliphatic heterocycles. The summed E-state index contributed by atoms with van der Waals surface area (Å²) in [6, 6.07) is 10.9. The molecule has 2 aromatic rings. The van der Waals surface area contributed by atoms with Crippen LogP contribution in [0.25, 0.3) is 11.1 Å². The molecule has 0 bridgehead atoms. The van der Waals surface area contributed by atoms with E-state index in [1.165, 1.54) is 5.56 Å². The number of benzene rings is 2. The van der Waals surface area contributed by atoms with Crippen LogP contribution < -0.4 is 0 Å².